The quantitative estimate of drug-likeness (QED) is 0.174. The summed E-state index contributed by atoms with van der Waals surface area (Å²) in [5, 5.41) is 7.94. The molecule has 0 fully saturated rings. The number of hydrogen-bond donors (Lipinski definition) is 0. The average Bonchev–Trinajstić information content (AvgIpc) is 3.79. The van der Waals surface area contributed by atoms with Crippen LogP contribution in [-0.4, -0.2) is 15.0 Å². The fraction of sp³-hybridized carbons (Fsp3) is 0. The van der Waals surface area contributed by atoms with Crippen LogP contribution in [0.3, 0.4) is 0 Å². The van der Waals surface area contributed by atoms with Gasteiger partial charge in [-0.05, 0) is 42.5 Å². The van der Waals surface area contributed by atoms with Gasteiger partial charge in [-0.3, -0.25) is 0 Å². The number of nitrogens with zero attached hydrogens (tertiary/aromatic N) is 3. The molecule has 4 nitrogen and oxygen atoms in total. The van der Waals surface area contributed by atoms with Crippen molar-refractivity contribution < 1.29 is 4.42 Å². The van der Waals surface area contributed by atoms with Crippen molar-refractivity contribution in [1.29, 1.82) is 0 Å². The maximum atomic E-state index is 6.40. The number of para-hydroxylation sites is 2. The predicted octanol–water partition coefficient (Wildman–Crippen LogP) is 13.1. The van der Waals surface area contributed by atoms with E-state index in [4.69, 9.17) is 19.4 Å². The number of fused-ring (bicyclic) bond motifs is 10. The summed E-state index contributed by atoms with van der Waals surface area (Å²) in [7, 11) is 0. The summed E-state index contributed by atoms with van der Waals surface area (Å²) < 4.78 is 8.93. The minimum absolute atomic E-state index is 0.633. The molecule has 0 atom stereocenters. The van der Waals surface area contributed by atoms with Crippen LogP contribution in [0.15, 0.2) is 168 Å². The molecule has 11 rings (SSSR count). The first kappa shape index (κ1) is 29.1. The molecule has 0 unspecified atom stereocenters. The van der Waals surface area contributed by atoms with Gasteiger partial charge in [0.25, 0.3) is 0 Å². The van der Waals surface area contributed by atoms with E-state index in [9.17, 15) is 0 Å². The monoisotopic (exact) mass is 681 g/mol. The van der Waals surface area contributed by atoms with Crippen molar-refractivity contribution in [2.75, 3.05) is 0 Å². The molecule has 0 saturated heterocycles. The Balaban J connectivity index is 1.22. The molecule has 0 spiro atoms. The number of furan rings is 1. The number of benzene rings is 7. The van der Waals surface area contributed by atoms with Crippen LogP contribution in [0.5, 0.6) is 0 Å². The summed E-state index contributed by atoms with van der Waals surface area (Å²) in [6.07, 6.45) is 0. The van der Waals surface area contributed by atoms with Crippen LogP contribution >= 0.6 is 11.3 Å². The van der Waals surface area contributed by atoms with Gasteiger partial charge in [-0.1, -0.05) is 121 Å². The second kappa shape index (κ2) is 11.4. The first-order valence-corrected chi connectivity index (χ1v) is 18.2. The normalized spacial score (nSPS) is 11.8. The Labute approximate surface area is 302 Å². The highest BCUT2D eigenvalue weighted by molar-refractivity contribution is 7.25. The lowest BCUT2D eigenvalue weighted by molar-refractivity contribution is 0.669. The lowest BCUT2D eigenvalue weighted by Gasteiger charge is -2.15. The average molecular weight is 682 g/mol. The molecule has 0 radical (unpaired) electrons. The molecule has 0 saturated carbocycles. The molecule has 0 amide bonds. The van der Waals surface area contributed by atoms with Gasteiger partial charge in [0, 0.05) is 69.4 Å². The molecule has 4 aromatic heterocycles. The molecule has 242 valence electrons. The summed E-state index contributed by atoms with van der Waals surface area (Å²) in [6, 6.07) is 57.0. The molecule has 4 heterocycles. The highest BCUT2D eigenvalue weighted by Crippen LogP contribution is 2.43. The van der Waals surface area contributed by atoms with Crippen LogP contribution < -0.4 is 0 Å². The first-order valence-electron chi connectivity index (χ1n) is 17.4. The van der Waals surface area contributed by atoms with Gasteiger partial charge in [-0.25, -0.2) is 15.0 Å². The largest absolute Gasteiger partial charge is 0.456 e. The summed E-state index contributed by atoms with van der Waals surface area (Å²) in [6.45, 7) is 0. The Hall–Kier alpha value is -6.69. The van der Waals surface area contributed by atoms with Crippen LogP contribution in [0.1, 0.15) is 0 Å². The third kappa shape index (κ3) is 4.50. The zero-order chi connectivity index (χ0) is 34.2. The topological polar surface area (TPSA) is 51.8 Å². The molecule has 52 heavy (non-hydrogen) atoms. The summed E-state index contributed by atoms with van der Waals surface area (Å²) in [5.74, 6) is 0.633. The molecule has 7 aromatic carbocycles. The molecule has 0 N–H and O–H groups in total. The zero-order valence-corrected chi connectivity index (χ0v) is 28.6. The SMILES string of the molecule is c1ccc(-c2cc(-c3ccc4c(c3)sc3ccccc34)nc(-c3cccc4c3nc(-c3ccccc3)c3ccc5oc6ccccc6c5c34)n2)cc1. The van der Waals surface area contributed by atoms with E-state index >= 15 is 0 Å². The fourth-order valence-corrected chi connectivity index (χ4v) is 8.83. The van der Waals surface area contributed by atoms with E-state index < -0.39 is 0 Å². The van der Waals surface area contributed by atoms with Crippen molar-refractivity contribution in [3.63, 3.8) is 0 Å². The third-order valence-corrected chi connectivity index (χ3v) is 11.2. The van der Waals surface area contributed by atoms with Crippen LogP contribution in [0, 0.1) is 0 Å². The number of hydrogen-bond acceptors (Lipinski definition) is 5. The Morgan fingerprint density at radius 2 is 1.08 bits per heavy atom. The van der Waals surface area contributed by atoms with E-state index in [0.717, 1.165) is 82.9 Å². The zero-order valence-electron chi connectivity index (χ0n) is 27.7. The van der Waals surface area contributed by atoms with Crippen LogP contribution in [0.25, 0.3) is 109 Å². The van der Waals surface area contributed by atoms with Crippen molar-refractivity contribution in [1.82, 2.24) is 15.0 Å². The Morgan fingerprint density at radius 1 is 0.404 bits per heavy atom. The van der Waals surface area contributed by atoms with Gasteiger partial charge in [0.15, 0.2) is 5.82 Å². The van der Waals surface area contributed by atoms with Gasteiger partial charge in [0.2, 0.25) is 0 Å². The minimum Gasteiger partial charge on any atom is -0.456 e. The Kier molecular flexibility index (Phi) is 6.39. The van der Waals surface area contributed by atoms with Crippen LogP contribution in [0.4, 0.5) is 0 Å². The van der Waals surface area contributed by atoms with Crippen molar-refractivity contribution in [3.05, 3.63) is 164 Å². The lowest BCUT2D eigenvalue weighted by Crippen LogP contribution is -1.98. The van der Waals surface area contributed by atoms with Crippen LogP contribution in [0.2, 0.25) is 0 Å². The molecule has 0 aliphatic heterocycles. The van der Waals surface area contributed by atoms with E-state index in [1.807, 2.05) is 35.6 Å². The van der Waals surface area contributed by atoms with Crippen molar-refractivity contribution in [2.45, 2.75) is 0 Å². The Morgan fingerprint density at radius 3 is 1.92 bits per heavy atom. The highest BCUT2D eigenvalue weighted by atomic mass is 32.1. The molecule has 0 bridgehead atoms. The third-order valence-electron chi connectivity index (χ3n) is 10.1. The maximum absolute atomic E-state index is 6.40. The number of thiophene rings is 1. The van der Waals surface area contributed by atoms with Crippen molar-refractivity contribution >= 4 is 75.1 Å². The van der Waals surface area contributed by atoms with E-state index in [1.54, 1.807) is 0 Å². The minimum atomic E-state index is 0.633. The summed E-state index contributed by atoms with van der Waals surface area (Å²) in [4.78, 5) is 16.1. The van der Waals surface area contributed by atoms with Gasteiger partial charge in [-0.2, -0.15) is 0 Å². The molecule has 0 aliphatic carbocycles. The maximum Gasteiger partial charge on any atom is 0.162 e. The van der Waals surface area contributed by atoms with Crippen molar-refractivity contribution in [3.8, 4) is 45.2 Å². The van der Waals surface area contributed by atoms with E-state index in [2.05, 4.69) is 140 Å². The van der Waals surface area contributed by atoms with Crippen molar-refractivity contribution in [2.24, 2.45) is 0 Å². The van der Waals surface area contributed by atoms with E-state index in [1.165, 1.54) is 20.2 Å². The second-order valence-electron chi connectivity index (χ2n) is 13.1. The number of pyridine rings is 1. The molecule has 5 heteroatoms. The highest BCUT2D eigenvalue weighted by Gasteiger charge is 2.21. The number of rotatable bonds is 4. The standard InChI is InChI=1S/C47H27N3OS/c1-3-12-28(13-4-1)37-27-38(30-22-23-32-31-16-8-10-21-41(31)52-42(32)26-30)49-47(48-37)36-19-11-18-34-43-35(45(50-46(34)36)29-14-5-2-6-15-29)24-25-40-44(43)33-17-7-9-20-39(33)51-40/h1-27H. The fourth-order valence-electron chi connectivity index (χ4n) is 7.69. The van der Waals surface area contributed by atoms with Gasteiger partial charge in [0.05, 0.1) is 22.6 Å². The molecular formula is C47H27N3OS. The Bertz CT molecular complexity index is 3180. The lowest BCUT2D eigenvalue weighted by atomic mass is 9.94. The summed E-state index contributed by atoms with van der Waals surface area (Å²) in [5.41, 5.74) is 9.23. The van der Waals surface area contributed by atoms with Crippen LogP contribution in [-0.2, 0) is 0 Å². The van der Waals surface area contributed by atoms with E-state index in [0.29, 0.717) is 5.82 Å². The van der Waals surface area contributed by atoms with Gasteiger partial charge in [0.1, 0.15) is 11.2 Å². The molecular weight excluding hydrogens is 655 g/mol. The van der Waals surface area contributed by atoms with Gasteiger partial charge in [-0.15, -0.1) is 11.3 Å². The smallest absolute Gasteiger partial charge is 0.162 e. The first-order chi connectivity index (χ1) is 25.8. The van der Waals surface area contributed by atoms with E-state index in [-0.39, 0.29) is 0 Å². The van der Waals surface area contributed by atoms with Gasteiger partial charge >= 0.3 is 0 Å². The number of aromatic nitrogens is 3. The summed E-state index contributed by atoms with van der Waals surface area (Å²) >= 11 is 1.82. The molecule has 11 aromatic rings. The second-order valence-corrected chi connectivity index (χ2v) is 14.2. The molecule has 0 aliphatic rings. The van der Waals surface area contributed by atoms with Gasteiger partial charge < -0.3 is 4.42 Å². The predicted molar refractivity (Wildman–Crippen MR) is 217 cm³/mol.